The van der Waals surface area contributed by atoms with Gasteiger partial charge >= 0.3 is 5.97 Å². The molecule has 5 rings (SSSR count). The van der Waals surface area contributed by atoms with Gasteiger partial charge in [-0.2, -0.15) is 4.31 Å². The number of fused-ring (bicyclic) bond motifs is 3. The number of carbonyl (C=O) groups is 4. The van der Waals surface area contributed by atoms with E-state index in [1.54, 1.807) is 30.3 Å². The second kappa shape index (κ2) is 13.0. The van der Waals surface area contributed by atoms with E-state index >= 15 is 0 Å². The van der Waals surface area contributed by atoms with Crippen molar-refractivity contribution in [1.29, 1.82) is 5.41 Å². The topological polar surface area (TPSA) is 224 Å². The molecule has 3 aliphatic rings. The van der Waals surface area contributed by atoms with E-state index in [2.05, 4.69) is 21.3 Å². The van der Waals surface area contributed by atoms with Gasteiger partial charge in [-0.1, -0.05) is 24.3 Å². The summed E-state index contributed by atoms with van der Waals surface area (Å²) in [5, 5.41) is 26.7. The Morgan fingerprint density at radius 3 is 2.33 bits per heavy atom. The van der Waals surface area contributed by atoms with Crippen LogP contribution in [0.1, 0.15) is 36.0 Å². The summed E-state index contributed by atoms with van der Waals surface area (Å²) in [7, 11) is -4.02. The van der Waals surface area contributed by atoms with E-state index in [0.29, 0.717) is 31.4 Å². The summed E-state index contributed by atoms with van der Waals surface area (Å²) in [6.07, 6.45) is 2.52. The molecule has 1 saturated carbocycles. The van der Waals surface area contributed by atoms with Crippen LogP contribution in [0.5, 0.6) is 0 Å². The van der Waals surface area contributed by atoms with Gasteiger partial charge in [0.15, 0.2) is 5.96 Å². The quantitative estimate of drug-likeness (QED) is 0.137. The Balaban J connectivity index is 1.37. The largest absolute Gasteiger partial charge is 0.480 e. The third-order valence-electron chi connectivity index (χ3n) is 7.34. The van der Waals surface area contributed by atoms with Gasteiger partial charge in [0.05, 0.1) is 11.4 Å². The molecule has 3 fully saturated rings. The number of rotatable bonds is 11. The molecule has 3 amide bonds. The summed E-state index contributed by atoms with van der Waals surface area (Å²) >= 11 is 0. The van der Waals surface area contributed by atoms with Gasteiger partial charge in [-0.3, -0.25) is 19.8 Å². The number of carbonyl (C=O) groups excluding carboxylic acids is 3. The number of piperidine rings is 2. The van der Waals surface area contributed by atoms with Crippen LogP contribution in [-0.2, 0) is 24.4 Å². The van der Waals surface area contributed by atoms with E-state index in [1.807, 2.05) is 0 Å². The Morgan fingerprint density at radius 2 is 1.69 bits per heavy atom. The molecular weight excluding hydrogens is 566 g/mol. The van der Waals surface area contributed by atoms with Gasteiger partial charge in [-0.25, -0.2) is 13.2 Å². The molecule has 224 valence electrons. The Hall–Kier alpha value is -4.50. The summed E-state index contributed by atoms with van der Waals surface area (Å²) in [6, 6.07) is 10.9. The molecule has 42 heavy (non-hydrogen) atoms. The predicted molar refractivity (Wildman–Crippen MR) is 152 cm³/mol. The Kier molecular flexibility index (Phi) is 9.42. The molecule has 2 aromatic rings. The molecule has 2 bridgehead atoms. The average molecular weight is 600 g/mol. The number of nitrogens with zero attached hydrogens (tertiary/aromatic N) is 1. The number of sulfonamides is 1. The molecule has 14 nitrogen and oxygen atoms in total. The summed E-state index contributed by atoms with van der Waals surface area (Å²) in [6.45, 7) is -0.959. The molecule has 2 atom stereocenters. The number of guanidine groups is 1. The van der Waals surface area contributed by atoms with Crippen molar-refractivity contribution >= 4 is 45.4 Å². The number of amides is 3. The monoisotopic (exact) mass is 599 g/mol. The van der Waals surface area contributed by atoms with Gasteiger partial charge in [0.25, 0.3) is 5.91 Å². The highest BCUT2D eigenvalue weighted by molar-refractivity contribution is 7.89. The van der Waals surface area contributed by atoms with E-state index in [1.165, 1.54) is 28.6 Å². The lowest BCUT2D eigenvalue weighted by Crippen LogP contribution is -2.64. The number of carboxylic acids is 1. The Morgan fingerprint density at radius 1 is 1.00 bits per heavy atom. The Labute approximate surface area is 242 Å². The highest BCUT2D eigenvalue weighted by atomic mass is 32.2. The second-order valence-corrected chi connectivity index (χ2v) is 12.0. The highest BCUT2D eigenvalue weighted by Gasteiger charge is 2.51. The average Bonchev–Trinajstić information content (AvgIpc) is 2.98. The van der Waals surface area contributed by atoms with E-state index in [0.717, 1.165) is 0 Å². The minimum absolute atomic E-state index is 0.0567. The lowest BCUT2D eigenvalue weighted by molar-refractivity contribution is -0.143. The number of carboxylic acid groups (broad SMARTS) is 1. The minimum Gasteiger partial charge on any atom is -0.480 e. The van der Waals surface area contributed by atoms with Crippen LogP contribution in [0.4, 0.5) is 5.69 Å². The smallest absolute Gasteiger partial charge is 0.328 e. The summed E-state index contributed by atoms with van der Waals surface area (Å²) in [5.41, 5.74) is 5.89. The normalized spacial score (nSPS) is 20.6. The molecule has 2 aliphatic heterocycles. The van der Waals surface area contributed by atoms with Crippen molar-refractivity contribution in [2.45, 2.75) is 48.7 Å². The lowest BCUT2D eigenvalue weighted by atomic mass is 9.76. The van der Waals surface area contributed by atoms with Gasteiger partial charge in [0.2, 0.25) is 21.8 Å². The highest BCUT2D eigenvalue weighted by Crippen LogP contribution is 2.42. The number of aliphatic carboxylic acids is 1. The SMILES string of the molecule is N=C(N)Nc1cccc(C(=O)NCC(=O)NCC(NC(=O)C2C3CCC(CC3)N2S(=O)(=O)c2ccccc2)C(=O)O)c1. The van der Waals surface area contributed by atoms with E-state index in [4.69, 9.17) is 11.1 Å². The molecular formula is C27H33N7O7S. The lowest BCUT2D eigenvalue weighted by Gasteiger charge is -2.49. The molecule has 0 aromatic heterocycles. The molecule has 2 heterocycles. The van der Waals surface area contributed by atoms with Crippen LogP contribution >= 0.6 is 0 Å². The first-order valence-corrected chi connectivity index (χ1v) is 14.8. The van der Waals surface area contributed by atoms with Crippen LogP contribution in [0.3, 0.4) is 0 Å². The van der Waals surface area contributed by atoms with Crippen LogP contribution in [0.2, 0.25) is 0 Å². The van der Waals surface area contributed by atoms with Crippen molar-refractivity contribution in [1.82, 2.24) is 20.3 Å². The summed E-state index contributed by atoms with van der Waals surface area (Å²) < 4.78 is 28.3. The molecule has 0 spiro atoms. The Bertz CT molecular complexity index is 1460. The zero-order valence-corrected chi connectivity index (χ0v) is 23.4. The van der Waals surface area contributed by atoms with Crippen molar-refractivity contribution in [3.63, 3.8) is 0 Å². The maximum absolute atomic E-state index is 13.5. The van der Waals surface area contributed by atoms with Crippen molar-refractivity contribution in [3.8, 4) is 0 Å². The molecule has 2 aromatic carbocycles. The third kappa shape index (κ3) is 7.03. The fourth-order valence-corrected chi connectivity index (χ4v) is 7.30. The summed E-state index contributed by atoms with van der Waals surface area (Å²) in [4.78, 5) is 50.2. The van der Waals surface area contributed by atoms with Crippen LogP contribution in [0.15, 0.2) is 59.5 Å². The van der Waals surface area contributed by atoms with Crippen molar-refractivity contribution < 1.29 is 32.7 Å². The van der Waals surface area contributed by atoms with Crippen molar-refractivity contribution in [3.05, 3.63) is 60.2 Å². The first-order valence-electron chi connectivity index (χ1n) is 13.3. The van der Waals surface area contributed by atoms with E-state index in [9.17, 15) is 32.7 Å². The molecule has 0 radical (unpaired) electrons. The van der Waals surface area contributed by atoms with Crippen LogP contribution in [0.25, 0.3) is 0 Å². The first kappa shape index (κ1) is 30.5. The zero-order chi connectivity index (χ0) is 30.4. The molecule has 2 saturated heterocycles. The summed E-state index contributed by atoms with van der Waals surface area (Å²) in [5.74, 6) is -4.02. The fraction of sp³-hybridized carbons (Fsp3) is 0.370. The standard InChI is InChI=1S/C27H33N7O7S/c28-27(29)32-18-6-4-5-17(13-18)24(36)31-15-22(35)30-14-21(26(38)39)33-25(37)23-16-9-11-19(12-10-16)34(23)42(40,41)20-7-2-1-3-8-20/h1-8,13,16,19,21,23H,9-12,14-15H2,(H,30,35)(H,31,36)(H,33,37)(H,38,39)(H4,28,29,32). The zero-order valence-electron chi connectivity index (χ0n) is 22.6. The molecule has 2 unspecified atom stereocenters. The maximum atomic E-state index is 13.5. The molecule has 15 heteroatoms. The predicted octanol–water partition coefficient (Wildman–Crippen LogP) is 0.0393. The van der Waals surface area contributed by atoms with E-state index < -0.39 is 58.9 Å². The number of anilines is 1. The fourth-order valence-electron chi connectivity index (χ4n) is 5.39. The van der Waals surface area contributed by atoms with Crippen molar-refractivity contribution in [2.24, 2.45) is 11.7 Å². The van der Waals surface area contributed by atoms with Crippen LogP contribution < -0.4 is 27.0 Å². The van der Waals surface area contributed by atoms with Gasteiger partial charge < -0.3 is 32.1 Å². The number of nitrogens with one attached hydrogen (secondary N) is 5. The van der Waals surface area contributed by atoms with Crippen LogP contribution in [0, 0.1) is 11.3 Å². The number of nitrogens with two attached hydrogens (primary N) is 1. The van der Waals surface area contributed by atoms with Crippen LogP contribution in [-0.4, -0.2) is 78.7 Å². The van der Waals surface area contributed by atoms with Gasteiger partial charge in [0.1, 0.15) is 12.1 Å². The minimum atomic E-state index is -4.02. The number of benzene rings is 2. The molecule has 8 N–H and O–H groups in total. The van der Waals surface area contributed by atoms with Gasteiger partial charge in [-0.05, 0) is 61.9 Å². The number of hydrogen-bond donors (Lipinski definition) is 7. The van der Waals surface area contributed by atoms with Gasteiger partial charge in [0, 0.05) is 23.8 Å². The van der Waals surface area contributed by atoms with Gasteiger partial charge in [-0.15, -0.1) is 0 Å². The number of hydrogen-bond acceptors (Lipinski definition) is 7. The maximum Gasteiger partial charge on any atom is 0.328 e. The molecule has 1 aliphatic carbocycles. The first-order chi connectivity index (χ1) is 20.0. The van der Waals surface area contributed by atoms with E-state index in [-0.39, 0.29) is 28.4 Å². The van der Waals surface area contributed by atoms with Crippen molar-refractivity contribution in [2.75, 3.05) is 18.4 Å². The second-order valence-electron chi connectivity index (χ2n) is 10.2. The third-order valence-corrected chi connectivity index (χ3v) is 9.29.